The number of aryl methyl sites for hydroxylation is 1. The van der Waals surface area contributed by atoms with Crippen LogP contribution in [0.2, 0.25) is 0 Å². The standard InChI is InChI=1S/C12H15N3O3S/c1-3-9-8-13-14-12(9)15-19(16,17)11-6-4-5-10(7-11)18-2/h4-8H,3H2,1-2H3,(H2,13,14,15). The number of nitrogens with one attached hydrogen (secondary N) is 2. The summed E-state index contributed by atoms with van der Waals surface area (Å²) in [5.74, 6) is 0.883. The largest absolute Gasteiger partial charge is 0.497 e. The Morgan fingerprint density at radius 1 is 1.42 bits per heavy atom. The van der Waals surface area contributed by atoms with Crippen LogP contribution >= 0.6 is 0 Å². The van der Waals surface area contributed by atoms with Gasteiger partial charge >= 0.3 is 0 Å². The molecule has 0 bridgehead atoms. The number of H-pyrrole nitrogens is 1. The lowest BCUT2D eigenvalue weighted by atomic mass is 10.3. The Morgan fingerprint density at radius 3 is 2.89 bits per heavy atom. The third-order valence-electron chi connectivity index (χ3n) is 2.69. The van der Waals surface area contributed by atoms with Gasteiger partial charge in [-0.3, -0.25) is 9.82 Å². The molecule has 19 heavy (non-hydrogen) atoms. The molecule has 0 fully saturated rings. The lowest BCUT2D eigenvalue weighted by Crippen LogP contribution is -2.14. The van der Waals surface area contributed by atoms with Gasteiger partial charge < -0.3 is 4.74 Å². The van der Waals surface area contributed by atoms with Crippen molar-refractivity contribution in [1.82, 2.24) is 10.2 Å². The predicted octanol–water partition coefficient (Wildman–Crippen LogP) is 1.78. The lowest BCUT2D eigenvalue weighted by molar-refractivity contribution is 0.413. The van der Waals surface area contributed by atoms with E-state index < -0.39 is 10.0 Å². The summed E-state index contributed by atoms with van der Waals surface area (Å²) < 4.78 is 31.9. The molecule has 0 radical (unpaired) electrons. The van der Waals surface area contributed by atoms with Crippen LogP contribution in [0, 0.1) is 0 Å². The molecule has 0 aliphatic carbocycles. The minimum absolute atomic E-state index is 0.142. The van der Waals surface area contributed by atoms with Crippen LogP contribution in [0.15, 0.2) is 35.4 Å². The van der Waals surface area contributed by atoms with Gasteiger partial charge in [-0.1, -0.05) is 13.0 Å². The van der Waals surface area contributed by atoms with Crippen molar-refractivity contribution in [2.45, 2.75) is 18.2 Å². The van der Waals surface area contributed by atoms with Crippen molar-refractivity contribution in [2.75, 3.05) is 11.8 Å². The van der Waals surface area contributed by atoms with Crippen molar-refractivity contribution >= 4 is 15.8 Å². The number of sulfonamides is 1. The topological polar surface area (TPSA) is 84.1 Å². The van der Waals surface area contributed by atoms with E-state index in [2.05, 4.69) is 14.9 Å². The highest BCUT2D eigenvalue weighted by molar-refractivity contribution is 7.92. The Morgan fingerprint density at radius 2 is 2.21 bits per heavy atom. The molecule has 102 valence electrons. The molecule has 1 aromatic carbocycles. The number of aromatic nitrogens is 2. The second-order valence-corrected chi connectivity index (χ2v) is 5.59. The number of aromatic amines is 1. The van der Waals surface area contributed by atoms with Gasteiger partial charge in [0.2, 0.25) is 0 Å². The average Bonchev–Trinajstić information content (AvgIpc) is 2.85. The number of nitrogens with zero attached hydrogens (tertiary/aromatic N) is 1. The van der Waals surface area contributed by atoms with Gasteiger partial charge in [0.25, 0.3) is 10.0 Å². The minimum Gasteiger partial charge on any atom is -0.497 e. The fourth-order valence-corrected chi connectivity index (χ4v) is 2.72. The van der Waals surface area contributed by atoms with Gasteiger partial charge in [-0.25, -0.2) is 8.42 Å². The van der Waals surface area contributed by atoms with Gasteiger partial charge in [0, 0.05) is 11.6 Å². The maximum absolute atomic E-state index is 12.2. The molecule has 0 saturated heterocycles. The van der Waals surface area contributed by atoms with Gasteiger partial charge in [0.05, 0.1) is 18.2 Å². The molecular weight excluding hydrogens is 266 g/mol. The van der Waals surface area contributed by atoms with Crippen molar-refractivity contribution in [3.63, 3.8) is 0 Å². The Bertz CT molecular complexity index is 664. The maximum atomic E-state index is 12.2. The van der Waals surface area contributed by atoms with E-state index in [-0.39, 0.29) is 4.90 Å². The molecule has 6 nitrogen and oxygen atoms in total. The van der Waals surface area contributed by atoms with Crippen LogP contribution in [-0.4, -0.2) is 25.7 Å². The summed E-state index contributed by atoms with van der Waals surface area (Å²) in [7, 11) is -2.16. The highest BCUT2D eigenvalue weighted by Crippen LogP contribution is 2.21. The molecular formula is C12H15N3O3S. The maximum Gasteiger partial charge on any atom is 0.263 e. The number of hydrogen-bond donors (Lipinski definition) is 2. The van der Waals surface area contributed by atoms with Crippen molar-refractivity contribution in [3.8, 4) is 5.75 Å². The zero-order valence-corrected chi connectivity index (χ0v) is 11.5. The van der Waals surface area contributed by atoms with Crippen molar-refractivity contribution < 1.29 is 13.2 Å². The van der Waals surface area contributed by atoms with Crippen molar-refractivity contribution in [1.29, 1.82) is 0 Å². The second kappa shape index (κ2) is 5.31. The van der Waals surface area contributed by atoms with Crippen LogP contribution < -0.4 is 9.46 Å². The van der Waals surface area contributed by atoms with Gasteiger partial charge in [0.1, 0.15) is 11.6 Å². The Balaban J connectivity index is 2.32. The van der Waals surface area contributed by atoms with Crippen LogP contribution in [0.1, 0.15) is 12.5 Å². The summed E-state index contributed by atoms with van der Waals surface area (Å²) in [6.45, 7) is 1.92. The van der Waals surface area contributed by atoms with Crippen molar-refractivity contribution in [3.05, 3.63) is 36.0 Å². The number of ether oxygens (including phenoxy) is 1. The molecule has 0 saturated carbocycles. The summed E-state index contributed by atoms with van der Waals surface area (Å²) in [6.07, 6.45) is 2.29. The van der Waals surface area contributed by atoms with Gasteiger partial charge in [-0.15, -0.1) is 0 Å². The first-order valence-corrected chi connectivity index (χ1v) is 7.24. The molecule has 0 unspecified atom stereocenters. The van der Waals surface area contributed by atoms with Crippen LogP contribution in [0.25, 0.3) is 0 Å². The predicted molar refractivity (Wildman–Crippen MR) is 71.8 cm³/mol. The summed E-state index contributed by atoms with van der Waals surface area (Å²) >= 11 is 0. The van der Waals surface area contributed by atoms with Gasteiger partial charge in [0.15, 0.2) is 0 Å². The highest BCUT2D eigenvalue weighted by atomic mass is 32.2. The molecule has 1 heterocycles. The SMILES string of the molecule is CCc1cn[nH]c1NS(=O)(=O)c1cccc(OC)c1. The van der Waals surface area contributed by atoms with Gasteiger partial charge in [-0.05, 0) is 18.6 Å². The molecule has 7 heteroatoms. The summed E-state index contributed by atoms with van der Waals surface area (Å²) in [4.78, 5) is 0.142. The molecule has 0 aliphatic heterocycles. The van der Waals surface area contributed by atoms with Crippen LogP contribution in [-0.2, 0) is 16.4 Å². The fraction of sp³-hybridized carbons (Fsp3) is 0.250. The van der Waals surface area contributed by atoms with E-state index >= 15 is 0 Å². The first-order valence-electron chi connectivity index (χ1n) is 5.76. The van der Waals surface area contributed by atoms with E-state index in [4.69, 9.17) is 4.74 Å². The molecule has 0 aliphatic rings. The van der Waals surface area contributed by atoms with E-state index in [9.17, 15) is 8.42 Å². The van der Waals surface area contributed by atoms with Crippen LogP contribution in [0.5, 0.6) is 5.75 Å². The summed E-state index contributed by atoms with van der Waals surface area (Å²) in [5.41, 5.74) is 0.812. The van der Waals surface area contributed by atoms with Crippen LogP contribution in [0.4, 0.5) is 5.82 Å². The normalized spacial score (nSPS) is 11.3. The van der Waals surface area contributed by atoms with E-state index in [1.54, 1.807) is 18.3 Å². The number of methoxy groups -OCH3 is 1. The average molecular weight is 281 g/mol. The number of anilines is 1. The Kier molecular flexibility index (Phi) is 3.75. The van der Waals surface area contributed by atoms with Crippen molar-refractivity contribution in [2.24, 2.45) is 0 Å². The molecule has 2 N–H and O–H groups in total. The Labute approximate surface area is 111 Å². The molecule has 0 spiro atoms. The number of benzene rings is 1. The summed E-state index contributed by atoms with van der Waals surface area (Å²) in [5, 5.41) is 6.47. The highest BCUT2D eigenvalue weighted by Gasteiger charge is 2.17. The quantitative estimate of drug-likeness (QED) is 0.875. The molecule has 2 rings (SSSR count). The third kappa shape index (κ3) is 2.87. The fourth-order valence-electron chi connectivity index (χ4n) is 1.63. The van der Waals surface area contributed by atoms with E-state index in [0.717, 1.165) is 5.56 Å². The molecule has 2 aromatic rings. The second-order valence-electron chi connectivity index (χ2n) is 3.91. The first-order chi connectivity index (χ1) is 9.06. The van der Waals surface area contributed by atoms with E-state index in [0.29, 0.717) is 18.0 Å². The smallest absolute Gasteiger partial charge is 0.263 e. The molecule has 1 aromatic heterocycles. The zero-order valence-electron chi connectivity index (χ0n) is 10.7. The van der Waals surface area contributed by atoms with E-state index in [1.807, 2.05) is 6.92 Å². The molecule has 0 amide bonds. The zero-order chi connectivity index (χ0) is 13.9. The minimum atomic E-state index is -3.65. The Hall–Kier alpha value is -2.02. The monoisotopic (exact) mass is 281 g/mol. The first kappa shape index (κ1) is 13.4. The number of hydrogen-bond acceptors (Lipinski definition) is 4. The summed E-state index contributed by atoms with van der Waals surface area (Å²) in [6, 6.07) is 6.28. The van der Waals surface area contributed by atoms with Crippen LogP contribution in [0.3, 0.4) is 0 Å². The third-order valence-corrected chi connectivity index (χ3v) is 4.03. The number of rotatable bonds is 5. The van der Waals surface area contributed by atoms with E-state index in [1.165, 1.54) is 19.2 Å². The van der Waals surface area contributed by atoms with Gasteiger partial charge in [-0.2, -0.15) is 5.10 Å². The molecule has 0 atom stereocenters. The lowest BCUT2D eigenvalue weighted by Gasteiger charge is -2.08.